The van der Waals surface area contributed by atoms with Gasteiger partial charge in [-0.1, -0.05) is 29.8 Å². The van der Waals surface area contributed by atoms with Gasteiger partial charge < -0.3 is 9.47 Å². The third-order valence-electron chi connectivity index (χ3n) is 3.78. The molecular weight excluding hydrogens is 366 g/mol. The third kappa shape index (κ3) is 4.41. The maximum atomic E-state index is 12.0. The molecule has 0 aliphatic carbocycles. The van der Waals surface area contributed by atoms with Gasteiger partial charge >= 0.3 is 5.69 Å². The molecule has 0 bridgehead atoms. The largest absolute Gasteiger partial charge is 0.490 e. The summed E-state index contributed by atoms with van der Waals surface area (Å²) >= 11 is 0. The Hall–Kier alpha value is -3.95. The monoisotopic (exact) mass is 383 g/mol. The first-order chi connectivity index (χ1) is 13.5. The first-order valence-corrected chi connectivity index (χ1v) is 8.21. The summed E-state index contributed by atoms with van der Waals surface area (Å²) in [5.41, 5.74) is 1.77. The van der Waals surface area contributed by atoms with Crippen molar-refractivity contribution < 1.29 is 19.2 Å². The number of rotatable bonds is 7. The van der Waals surface area contributed by atoms with Crippen LogP contribution in [0.25, 0.3) is 11.4 Å². The van der Waals surface area contributed by atoms with Gasteiger partial charge in [-0.25, -0.2) is 0 Å². The number of nitro groups is 1. The predicted octanol–water partition coefficient (Wildman–Crippen LogP) is 2.71. The standard InChI is InChI=1S/C18H17N5O5/c1-11-3-5-12(6-4-11)17-20-18(22-21-17)19-16(24)10-28-13-7-8-14(23(25)26)15(9-13)27-2/h3-9H,10H2,1-2H3,(H2,19,20,21,22,24). The van der Waals surface area contributed by atoms with Crippen molar-refractivity contribution >= 4 is 17.5 Å². The fourth-order valence-electron chi connectivity index (χ4n) is 2.37. The normalized spacial score (nSPS) is 10.4. The van der Waals surface area contributed by atoms with Crippen LogP contribution in [0, 0.1) is 17.0 Å². The molecule has 0 aliphatic heterocycles. The van der Waals surface area contributed by atoms with Crippen LogP contribution >= 0.6 is 0 Å². The van der Waals surface area contributed by atoms with E-state index in [1.807, 2.05) is 31.2 Å². The van der Waals surface area contributed by atoms with Crippen molar-refractivity contribution in [3.63, 3.8) is 0 Å². The van der Waals surface area contributed by atoms with Gasteiger partial charge in [0.2, 0.25) is 11.7 Å². The average Bonchev–Trinajstić information content (AvgIpc) is 3.14. The summed E-state index contributed by atoms with van der Waals surface area (Å²) in [7, 11) is 1.31. The van der Waals surface area contributed by atoms with Gasteiger partial charge in [0, 0.05) is 17.7 Å². The molecule has 2 N–H and O–H groups in total. The highest BCUT2D eigenvalue weighted by atomic mass is 16.6. The van der Waals surface area contributed by atoms with Gasteiger partial charge in [-0.15, -0.1) is 5.10 Å². The molecule has 0 aliphatic rings. The highest BCUT2D eigenvalue weighted by molar-refractivity contribution is 5.90. The molecule has 1 heterocycles. The number of carbonyl (C=O) groups is 1. The van der Waals surface area contributed by atoms with Crippen molar-refractivity contribution in [2.24, 2.45) is 0 Å². The molecule has 0 spiro atoms. The van der Waals surface area contributed by atoms with Crippen molar-refractivity contribution in [3.05, 3.63) is 58.1 Å². The fraction of sp³-hybridized carbons (Fsp3) is 0.167. The number of nitrogens with zero attached hydrogens (tertiary/aromatic N) is 3. The number of aryl methyl sites for hydroxylation is 1. The Bertz CT molecular complexity index is 1000. The van der Waals surface area contributed by atoms with Crippen molar-refractivity contribution in [1.29, 1.82) is 0 Å². The maximum Gasteiger partial charge on any atom is 0.311 e. The Morgan fingerprint density at radius 1 is 1.25 bits per heavy atom. The van der Waals surface area contributed by atoms with Crippen molar-refractivity contribution in [2.75, 3.05) is 19.0 Å². The molecule has 10 heteroatoms. The number of methoxy groups -OCH3 is 1. The Morgan fingerprint density at radius 2 is 2.00 bits per heavy atom. The Balaban J connectivity index is 1.59. The summed E-state index contributed by atoms with van der Waals surface area (Å²) in [5.74, 6) is 0.459. The molecule has 1 aromatic heterocycles. The zero-order chi connectivity index (χ0) is 20.1. The topological polar surface area (TPSA) is 132 Å². The lowest BCUT2D eigenvalue weighted by molar-refractivity contribution is -0.385. The van der Waals surface area contributed by atoms with Gasteiger partial charge in [-0.2, -0.15) is 4.98 Å². The van der Waals surface area contributed by atoms with Crippen molar-refractivity contribution in [3.8, 4) is 22.9 Å². The van der Waals surface area contributed by atoms with Crippen molar-refractivity contribution in [2.45, 2.75) is 6.92 Å². The van der Waals surface area contributed by atoms with E-state index in [1.54, 1.807) is 0 Å². The van der Waals surface area contributed by atoms with Crippen LogP contribution in [-0.2, 0) is 4.79 Å². The summed E-state index contributed by atoms with van der Waals surface area (Å²) in [5, 5.41) is 20.1. The van der Waals surface area contributed by atoms with Gasteiger partial charge in [-0.05, 0) is 13.0 Å². The molecule has 1 amide bonds. The molecule has 28 heavy (non-hydrogen) atoms. The number of anilines is 1. The second kappa shape index (κ2) is 8.16. The molecule has 0 atom stereocenters. The van der Waals surface area contributed by atoms with Crippen LogP contribution in [0.2, 0.25) is 0 Å². The van der Waals surface area contributed by atoms with E-state index in [0.29, 0.717) is 5.82 Å². The number of H-pyrrole nitrogens is 1. The van der Waals surface area contributed by atoms with E-state index in [-0.39, 0.29) is 29.7 Å². The zero-order valence-electron chi connectivity index (χ0n) is 15.1. The quantitative estimate of drug-likeness (QED) is 0.473. The van der Waals surface area contributed by atoms with E-state index in [1.165, 1.54) is 25.3 Å². The smallest absolute Gasteiger partial charge is 0.311 e. The summed E-state index contributed by atoms with van der Waals surface area (Å²) < 4.78 is 10.3. The first kappa shape index (κ1) is 18.8. The summed E-state index contributed by atoms with van der Waals surface area (Å²) in [6, 6.07) is 11.7. The van der Waals surface area contributed by atoms with E-state index < -0.39 is 10.8 Å². The van der Waals surface area contributed by atoms with Crippen LogP contribution < -0.4 is 14.8 Å². The second-order valence-electron chi connectivity index (χ2n) is 5.80. The Kier molecular flexibility index (Phi) is 5.49. The summed E-state index contributed by atoms with van der Waals surface area (Å²) in [4.78, 5) is 26.6. The molecule has 3 aromatic rings. The number of carbonyl (C=O) groups excluding carboxylic acids is 1. The molecule has 3 rings (SSSR count). The number of amides is 1. The van der Waals surface area contributed by atoms with E-state index in [9.17, 15) is 14.9 Å². The number of nitrogens with one attached hydrogen (secondary N) is 2. The van der Waals surface area contributed by atoms with Crippen LogP contribution in [0.3, 0.4) is 0 Å². The minimum absolute atomic E-state index is 0.0413. The molecule has 0 saturated heterocycles. The van der Waals surface area contributed by atoms with Gasteiger partial charge in [-0.3, -0.25) is 25.3 Å². The highest BCUT2D eigenvalue weighted by Gasteiger charge is 2.16. The molecule has 0 unspecified atom stereocenters. The lowest BCUT2D eigenvalue weighted by atomic mass is 10.1. The number of ether oxygens (including phenoxy) is 2. The lowest BCUT2D eigenvalue weighted by Gasteiger charge is -2.07. The maximum absolute atomic E-state index is 12.0. The molecule has 2 aromatic carbocycles. The lowest BCUT2D eigenvalue weighted by Crippen LogP contribution is -2.20. The second-order valence-corrected chi connectivity index (χ2v) is 5.80. The molecular formula is C18H17N5O5. The Morgan fingerprint density at radius 3 is 2.68 bits per heavy atom. The van der Waals surface area contributed by atoms with E-state index in [4.69, 9.17) is 9.47 Å². The van der Waals surface area contributed by atoms with Gasteiger partial charge in [0.15, 0.2) is 12.4 Å². The third-order valence-corrected chi connectivity index (χ3v) is 3.78. The summed E-state index contributed by atoms with van der Waals surface area (Å²) in [6.45, 7) is 1.66. The van der Waals surface area contributed by atoms with Crippen LogP contribution in [0.4, 0.5) is 11.6 Å². The van der Waals surface area contributed by atoms with E-state index in [2.05, 4.69) is 20.5 Å². The SMILES string of the molecule is COc1cc(OCC(=O)Nc2n[nH]c(-c3ccc(C)cc3)n2)ccc1[N+](=O)[O-]. The first-order valence-electron chi connectivity index (χ1n) is 8.21. The van der Waals surface area contributed by atoms with Crippen LogP contribution in [0.1, 0.15) is 5.56 Å². The molecule has 0 fully saturated rings. The van der Waals surface area contributed by atoms with Crippen LogP contribution in [0.5, 0.6) is 11.5 Å². The fourth-order valence-corrected chi connectivity index (χ4v) is 2.37. The number of hydrogen-bond acceptors (Lipinski definition) is 7. The predicted molar refractivity (Wildman–Crippen MR) is 100 cm³/mol. The van der Waals surface area contributed by atoms with Gasteiger partial charge in [0.1, 0.15) is 5.75 Å². The Labute approximate surface area is 159 Å². The van der Waals surface area contributed by atoms with E-state index in [0.717, 1.165) is 11.1 Å². The molecule has 0 radical (unpaired) electrons. The number of aromatic nitrogens is 3. The minimum Gasteiger partial charge on any atom is -0.490 e. The number of nitro benzene ring substituents is 1. The highest BCUT2D eigenvalue weighted by Crippen LogP contribution is 2.30. The minimum atomic E-state index is -0.565. The van der Waals surface area contributed by atoms with E-state index >= 15 is 0 Å². The summed E-state index contributed by atoms with van der Waals surface area (Å²) in [6.07, 6.45) is 0. The molecule has 10 nitrogen and oxygen atoms in total. The molecule has 144 valence electrons. The number of hydrogen-bond donors (Lipinski definition) is 2. The van der Waals surface area contributed by atoms with Crippen molar-refractivity contribution in [1.82, 2.24) is 15.2 Å². The zero-order valence-corrected chi connectivity index (χ0v) is 15.1. The number of aromatic amines is 1. The van der Waals surface area contributed by atoms with Gasteiger partial charge in [0.05, 0.1) is 12.0 Å². The molecule has 0 saturated carbocycles. The average molecular weight is 383 g/mol. The van der Waals surface area contributed by atoms with Crippen LogP contribution in [0.15, 0.2) is 42.5 Å². The van der Waals surface area contributed by atoms with Crippen LogP contribution in [-0.4, -0.2) is 39.7 Å². The van der Waals surface area contributed by atoms with Gasteiger partial charge in [0.25, 0.3) is 5.91 Å². The number of benzene rings is 2.